The van der Waals surface area contributed by atoms with Gasteiger partial charge in [-0.05, 0) is 144 Å². The van der Waals surface area contributed by atoms with Gasteiger partial charge in [-0.3, -0.25) is 9.59 Å². The third-order valence-electron chi connectivity index (χ3n) is 9.89. The van der Waals surface area contributed by atoms with Crippen molar-refractivity contribution in [3.63, 3.8) is 0 Å². The van der Waals surface area contributed by atoms with Gasteiger partial charge in [0, 0.05) is 12.2 Å². The van der Waals surface area contributed by atoms with Crippen LogP contribution in [0.15, 0.2) is 146 Å². The number of carbonyl (C=O) groups excluding carboxylic acids is 2. The number of aromatic nitrogens is 1. The van der Waals surface area contributed by atoms with E-state index in [0.717, 1.165) is 16.9 Å². The summed E-state index contributed by atoms with van der Waals surface area (Å²) in [5, 5.41) is 34.5. The molecular formula is C47H51N9O5. The molecule has 0 amide bonds. The first kappa shape index (κ1) is 45.0. The van der Waals surface area contributed by atoms with Crippen molar-refractivity contribution in [1.29, 1.82) is 5.26 Å². The molecule has 0 fully saturated rings. The molecule has 0 aliphatic heterocycles. The summed E-state index contributed by atoms with van der Waals surface area (Å²) in [6, 6.07) is 35.1. The molecule has 0 aliphatic carbocycles. The maximum atomic E-state index is 13.4. The quantitative estimate of drug-likeness (QED) is 0.0423. The highest BCUT2D eigenvalue weighted by molar-refractivity contribution is 5.80. The molecular weight excluding hydrogens is 771 g/mol. The number of pyridine rings is 1. The highest BCUT2D eigenvalue weighted by Crippen LogP contribution is 2.39. The van der Waals surface area contributed by atoms with E-state index in [1.807, 2.05) is 125 Å². The van der Waals surface area contributed by atoms with Crippen molar-refractivity contribution in [3.05, 3.63) is 127 Å². The van der Waals surface area contributed by atoms with E-state index in [-0.39, 0.29) is 32.2 Å². The lowest BCUT2D eigenvalue weighted by Gasteiger charge is -2.34. The Labute approximate surface area is 357 Å². The van der Waals surface area contributed by atoms with Gasteiger partial charge in [0.25, 0.3) is 0 Å². The molecule has 314 valence electrons. The van der Waals surface area contributed by atoms with Crippen molar-refractivity contribution < 1.29 is 23.8 Å². The molecule has 61 heavy (non-hydrogen) atoms. The summed E-state index contributed by atoms with van der Waals surface area (Å²) >= 11 is 0. The van der Waals surface area contributed by atoms with E-state index in [1.165, 1.54) is 6.20 Å². The highest BCUT2D eigenvalue weighted by atomic mass is 16.6. The van der Waals surface area contributed by atoms with Gasteiger partial charge in [-0.25, -0.2) is 4.98 Å². The number of aryl methyl sites for hydroxylation is 1. The number of carbonyl (C=O) groups is 2. The van der Waals surface area contributed by atoms with Gasteiger partial charge >= 0.3 is 11.9 Å². The third-order valence-corrected chi connectivity index (χ3v) is 9.89. The second kappa shape index (κ2) is 21.7. The zero-order valence-corrected chi connectivity index (χ0v) is 35.5. The molecule has 1 atom stereocenters. The summed E-state index contributed by atoms with van der Waals surface area (Å²) in [7, 11) is 0. The van der Waals surface area contributed by atoms with Gasteiger partial charge in [-0.15, -0.1) is 5.11 Å². The predicted octanol–water partition coefficient (Wildman–Crippen LogP) is 12.3. The van der Waals surface area contributed by atoms with Crippen molar-refractivity contribution in [3.8, 4) is 11.8 Å². The number of azo groups is 3. The SMILES string of the molecule is CCN(CCOC(=O)C(C)(C)CC(C)(CC)C(=O)OCCOc1ccc(/N=N/c2ccc(/N=N/c3ccccc3)cc2)cc1C)c1ccc(/N=N/c2ccc(C#N)nc2)cc1. The molecule has 0 saturated heterocycles. The monoisotopic (exact) mass is 821 g/mol. The maximum absolute atomic E-state index is 13.4. The Morgan fingerprint density at radius 3 is 1.77 bits per heavy atom. The fourth-order valence-corrected chi connectivity index (χ4v) is 6.29. The first-order valence-electron chi connectivity index (χ1n) is 20.1. The van der Waals surface area contributed by atoms with Crippen molar-refractivity contribution in [1.82, 2.24) is 4.98 Å². The smallest absolute Gasteiger partial charge is 0.311 e. The number of rotatable bonds is 20. The number of nitriles is 1. The van der Waals surface area contributed by atoms with Gasteiger partial charge in [0.15, 0.2) is 0 Å². The number of likely N-dealkylation sites (N-methyl/N-ethyl adjacent to an activating group) is 1. The van der Waals surface area contributed by atoms with Gasteiger partial charge in [0.05, 0.1) is 52.0 Å². The number of esters is 2. The molecule has 4 aromatic carbocycles. The van der Waals surface area contributed by atoms with E-state index >= 15 is 0 Å². The summed E-state index contributed by atoms with van der Waals surface area (Å²) in [4.78, 5) is 32.8. The number of hydrogen-bond acceptors (Lipinski definition) is 14. The van der Waals surface area contributed by atoms with E-state index < -0.39 is 16.8 Å². The van der Waals surface area contributed by atoms with Crippen molar-refractivity contribution in [2.45, 2.75) is 54.4 Å². The van der Waals surface area contributed by atoms with Gasteiger partial charge in [0.1, 0.15) is 43.0 Å². The Kier molecular flexibility index (Phi) is 16.0. The van der Waals surface area contributed by atoms with E-state index in [2.05, 4.69) is 40.6 Å². The molecule has 0 spiro atoms. The molecule has 0 saturated carbocycles. The van der Waals surface area contributed by atoms with E-state index in [9.17, 15) is 9.59 Å². The van der Waals surface area contributed by atoms with Crippen LogP contribution >= 0.6 is 0 Å². The summed E-state index contributed by atoms with van der Waals surface area (Å²) in [5.41, 5.74) is 4.29. The molecule has 0 aliphatic rings. The van der Waals surface area contributed by atoms with Crippen LogP contribution in [0.2, 0.25) is 0 Å². The minimum atomic E-state index is -0.942. The van der Waals surface area contributed by atoms with Gasteiger partial charge in [-0.1, -0.05) is 25.1 Å². The molecule has 14 heteroatoms. The lowest BCUT2D eigenvalue weighted by atomic mass is 9.72. The van der Waals surface area contributed by atoms with E-state index in [0.29, 0.717) is 59.4 Å². The number of nitrogens with zero attached hydrogens (tertiary/aromatic N) is 9. The fourth-order valence-electron chi connectivity index (χ4n) is 6.29. The van der Waals surface area contributed by atoms with Crippen LogP contribution in [0.3, 0.4) is 0 Å². The Bertz CT molecular complexity index is 2340. The zero-order chi connectivity index (χ0) is 43.7. The normalized spacial score (nSPS) is 12.6. The number of anilines is 1. The fraction of sp³-hybridized carbons (Fsp3) is 0.319. The van der Waals surface area contributed by atoms with E-state index in [4.69, 9.17) is 19.5 Å². The Morgan fingerprint density at radius 1 is 0.672 bits per heavy atom. The van der Waals surface area contributed by atoms with Crippen molar-refractivity contribution in [2.75, 3.05) is 37.8 Å². The van der Waals surface area contributed by atoms with Crippen molar-refractivity contribution in [2.24, 2.45) is 41.5 Å². The first-order valence-corrected chi connectivity index (χ1v) is 20.1. The number of hydrogen-bond donors (Lipinski definition) is 0. The van der Waals surface area contributed by atoms with Gasteiger partial charge in [-0.2, -0.15) is 30.8 Å². The summed E-state index contributed by atoms with van der Waals surface area (Å²) in [6.07, 6.45) is 2.22. The predicted molar refractivity (Wildman–Crippen MR) is 234 cm³/mol. The van der Waals surface area contributed by atoms with Crippen LogP contribution in [0.4, 0.5) is 39.8 Å². The van der Waals surface area contributed by atoms with Crippen LogP contribution in [-0.4, -0.2) is 49.8 Å². The third kappa shape index (κ3) is 13.4. The second-order valence-corrected chi connectivity index (χ2v) is 15.1. The van der Waals surface area contributed by atoms with Crippen LogP contribution in [0.5, 0.6) is 5.75 Å². The molecule has 14 nitrogen and oxygen atoms in total. The van der Waals surface area contributed by atoms with Gasteiger partial charge in [0.2, 0.25) is 0 Å². The number of benzene rings is 4. The van der Waals surface area contributed by atoms with Crippen molar-refractivity contribution >= 4 is 51.8 Å². The maximum Gasteiger partial charge on any atom is 0.311 e. The summed E-state index contributed by atoms with van der Waals surface area (Å²) in [6.45, 7) is 12.8. The lowest BCUT2D eigenvalue weighted by Crippen LogP contribution is -2.39. The molecule has 1 aromatic heterocycles. The summed E-state index contributed by atoms with van der Waals surface area (Å²) < 4.78 is 17.4. The molecule has 5 aromatic rings. The van der Waals surface area contributed by atoms with Crippen LogP contribution in [0.1, 0.15) is 58.7 Å². The molecule has 5 rings (SSSR count). The van der Waals surface area contributed by atoms with Gasteiger partial charge < -0.3 is 19.1 Å². The largest absolute Gasteiger partial charge is 0.490 e. The minimum absolute atomic E-state index is 0.0480. The topological polar surface area (TPSA) is 176 Å². The minimum Gasteiger partial charge on any atom is -0.490 e. The average Bonchev–Trinajstić information content (AvgIpc) is 3.28. The number of ether oxygens (including phenoxy) is 3. The molecule has 0 N–H and O–H groups in total. The van der Waals surface area contributed by atoms with Crippen LogP contribution in [0.25, 0.3) is 0 Å². The second-order valence-electron chi connectivity index (χ2n) is 15.1. The lowest BCUT2D eigenvalue weighted by molar-refractivity contribution is -0.163. The average molecular weight is 822 g/mol. The van der Waals surface area contributed by atoms with E-state index in [1.54, 1.807) is 32.0 Å². The van der Waals surface area contributed by atoms with Crippen LogP contribution in [0, 0.1) is 29.1 Å². The molecule has 0 bridgehead atoms. The zero-order valence-electron chi connectivity index (χ0n) is 35.5. The Morgan fingerprint density at radius 2 is 1.21 bits per heavy atom. The van der Waals surface area contributed by atoms with Crippen LogP contribution in [-0.2, 0) is 19.1 Å². The first-order chi connectivity index (χ1) is 29.4. The standard InChI is InChI=1S/C47H51N9O5/c1-7-47(6,33-46(4,5)44(57)60-27-26-56(8-2)42-23-20-38(21-24-42)53-55-41-19-18-40(31-48)49-32-41)45(58)61-29-28-59-43-25-22-39(30-34(43)3)54-52-37-16-14-36(15-17-37)51-50-35-12-10-9-11-13-35/h9-25,30,32H,7-8,26-29,33H2,1-6H3/b51-50+,54-52+,55-53+. The highest BCUT2D eigenvalue weighted by Gasteiger charge is 2.43. The van der Waals surface area contributed by atoms with Crippen LogP contribution < -0.4 is 9.64 Å². The molecule has 0 radical (unpaired) electrons. The summed E-state index contributed by atoms with van der Waals surface area (Å²) in [5.74, 6) is -0.136. The Hall–Kier alpha value is -7.14. The molecule has 1 heterocycles. The molecule has 1 unspecified atom stereocenters. The Balaban J connectivity index is 1.04.